The molecule has 3 aliphatic rings. The van der Waals surface area contributed by atoms with Crippen LogP contribution in [0, 0.1) is 32.6 Å². The zero-order chi connectivity index (χ0) is 34.1. The highest BCUT2D eigenvalue weighted by Gasteiger charge is 2.53. The van der Waals surface area contributed by atoms with Crippen molar-refractivity contribution in [2.24, 2.45) is 11.8 Å². The molecule has 2 amide bonds. The molecule has 0 spiro atoms. The SMILES string of the molecule is CCCCC(CC)CC1(C2CCCCC2)c2cc(-c3oc(C)c4c3C(=O)N(c3ccc(C)c(C)c3)C4=O)sc2-c2sc(C(C)(C)C)cc21. The third kappa shape index (κ3) is 5.19. The van der Waals surface area contributed by atoms with Crippen LogP contribution in [-0.4, -0.2) is 11.8 Å². The molecule has 6 heteroatoms. The number of rotatable bonds is 9. The van der Waals surface area contributed by atoms with Crippen molar-refractivity contribution in [3.63, 3.8) is 0 Å². The van der Waals surface area contributed by atoms with Crippen molar-refractivity contribution in [2.45, 2.75) is 130 Å². The molecule has 1 aliphatic heterocycles. The molecule has 0 radical (unpaired) electrons. The molecule has 1 saturated carbocycles. The Kier molecular flexibility index (Phi) is 8.68. The van der Waals surface area contributed by atoms with E-state index >= 15 is 0 Å². The van der Waals surface area contributed by atoms with Crippen molar-refractivity contribution in [1.29, 1.82) is 0 Å². The summed E-state index contributed by atoms with van der Waals surface area (Å²) in [6.45, 7) is 17.6. The van der Waals surface area contributed by atoms with Gasteiger partial charge < -0.3 is 4.42 Å². The summed E-state index contributed by atoms with van der Waals surface area (Å²) in [7, 11) is 0. The molecular weight excluding hydrogens is 631 g/mol. The number of benzene rings is 1. The van der Waals surface area contributed by atoms with Crippen LogP contribution in [0.3, 0.4) is 0 Å². The van der Waals surface area contributed by atoms with Crippen LogP contribution in [0.1, 0.15) is 152 Å². The third-order valence-corrected chi connectivity index (χ3v) is 14.6. The van der Waals surface area contributed by atoms with Crippen molar-refractivity contribution in [2.75, 3.05) is 4.90 Å². The number of anilines is 1. The Morgan fingerprint density at radius 1 is 0.896 bits per heavy atom. The summed E-state index contributed by atoms with van der Waals surface area (Å²) in [5, 5.41) is 0. The lowest BCUT2D eigenvalue weighted by molar-refractivity contribution is 0.0923. The summed E-state index contributed by atoms with van der Waals surface area (Å²) >= 11 is 3.76. The molecule has 4 heterocycles. The van der Waals surface area contributed by atoms with Gasteiger partial charge in [0.1, 0.15) is 11.3 Å². The van der Waals surface area contributed by atoms with Crippen LogP contribution in [0.2, 0.25) is 0 Å². The van der Waals surface area contributed by atoms with Gasteiger partial charge in [0.25, 0.3) is 11.8 Å². The number of unbranched alkanes of at least 4 members (excludes halogenated alkanes) is 1. The predicted molar refractivity (Wildman–Crippen MR) is 201 cm³/mol. The van der Waals surface area contributed by atoms with Crippen LogP contribution >= 0.6 is 22.7 Å². The maximum absolute atomic E-state index is 14.2. The number of carbonyl (C=O) groups excluding carboxylic acids is 2. The van der Waals surface area contributed by atoms with E-state index in [9.17, 15) is 9.59 Å². The molecule has 1 fully saturated rings. The summed E-state index contributed by atoms with van der Waals surface area (Å²) in [6, 6.07) is 10.8. The van der Waals surface area contributed by atoms with Crippen molar-refractivity contribution in [3.05, 3.63) is 74.3 Å². The zero-order valence-electron chi connectivity index (χ0n) is 30.1. The quantitative estimate of drug-likeness (QED) is 0.165. The van der Waals surface area contributed by atoms with Crippen LogP contribution in [-0.2, 0) is 10.8 Å². The Morgan fingerprint density at radius 3 is 2.25 bits per heavy atom. The second-order valence-corrected chi connectivity index (χ2v) is 17.9. The van der Waals surface area contributed by atoms with E-state index in [4.69, 9.17) is 4.42 Å². The van der Waals surface area contributed by atoms with Crippen LogP contribution in [0.4, 0.5) is 5.69 Å². The molecule has 1 aromatic carbocycles. The number of nitrogens with zero attached hydrogens (tertiary/aromatic N) is 1. The Morgan fingerprint density at radius 2 is 1.58 bits per heavy atom. The maximum atomic E-state index is 14.2. The maximum Gasteiger partial charge on any atom is 0.270 e. The summed E-state index contributed by atoms with van der Waals surface area (Å²) in [4.78, 5) is 34.7. The first-order valence-corrected chi connectivity index (χ1v) is 19.9. The van der Waals surface area contributed by atoms with Crippen molar-refractivity contribution < 1.29 is 14.0 Å². The van der Waals surface area contributed by atoms with E-state index in [-0.39, 0.29) is 22.6 Å². The Hall–Kier alpha value is -2.96. The number of thiophene rings is 2. The molecule has 0 N–H and O–H groups in total. The number of aryl methyl sites for hydroxylation is 3. The average molecular weight is 682 g/mol. The first-order chi connectivity index (χ1) is 22.9. The number of carbonyl (C=O) groups is 2. The van der Waals surface area contributed by atoms with E-state index in [1.54, 1.807) is 16.9 Å². The number of furan rings is 1. The highest BCUT2D eigenvalue weighted by Crippen LogP contribution is 2.65. The van der Waals surface area contributed by atoms with Crippen molar-refractivity contribution >= 4 is 40.2 Å². The predicted octanol–water partition coefficient (Wildman–Crippen LogP) is 12.5. The summed E-state index contributed by atoms with van der Waals surface area (Å²) in [5.74, 6) is 1.77. The van der Waals surface area contributed by atoms with Crippen LogP contribution in [0.5, 0.6) is 0 Å². The fourth-order valence-electron chi connectivity index (χ4n) is 8.82. The highest BCUT2D eigenvalue weighted by atomic mass is 32.1. The fourth-order valence-corrected chi connectivity index (χ4v) is 11.5. The normalized spacial score (nSPS) is 20.0. The van der Waals surface area contributed by atoms with E-state index in [0.717, 1.165) is 16.0 Å². The Bertz CT molecular complexity index is 1890. The van der Waals surface area contributed by atoms with Crippen molar-refractivity contribution in [3.8, 4) is 20.4 Å². The minimum atomic E-state index is -0.288. The Balaban J connectivity index is 1.40. The van der Waals surface area contributed by atoms with E-state index in [2.05, 4.69) is 46.8 Å². The molecule has 2 aliphatic carbocycles. The monoisotopic (exact) mass is 681 g/mol. The van der Waals surface area contributed by atoms with Gasteiger partial charge in [-0.1, -0.05) is 85.6 Å². The van der Waals surface area contributed by atoms with Crippen LogP contribution in [0.25, 0.3) is 20.4 Å². The number of hydrogen-bond acceptors (Lipinski definition) is 5. The number of fused-ring (bicyclic) bond motifs is 4. The summed E-state index contributed by atoms with van der Waals surface area (Å²) < 4.78 is 6.44. The Labute approximate surface area is 295 Å². The van der Waals surface area contributed by atoms with Gasteiger partial charge in [-0.15, -0.1) is 22.7 Å². The largest absolute Gasteiger partial charge is 0.459 e. The molecule has 4 nitrogen and oxygen atoms in total. The van der Waals surface area contributed by atoms with Crippen molar-refractivity contribution in [1.82, 2.24) is 0 Å². The number of hydrogen-bond donors (Lipinski definition) is 0. The number of imide groups is 1. The third-order valence-electron chi connectivity index (χ3n) is 11.7. The van der Waals surface area contributed by atoms with Gasteiger partial charge in [0, 0.05) is 20.0 Å². The standard InChI is InChI=1S/C42H51NO3S2/c1-9-11-15-27(10-2)23-42(28-16-13-12-14-17-28)30-21-32(47-37(30)38-31(42)22-33(48-38)41(6,7)8)36-35-34(26(5)46-36)39(44)43(40(35)45)29-19-18-24(3)25(4)20-29/h18-22,27-28H,9-17,23H2,1-8H3. The second kappa shape index (κ2) is 12.4. The smallest absolute Gasteiger partial charge is 0.270 e. The molecule has 2 unspecified atom stereocenters. The molecule has 48 heavy (non-hydrogen) atoms. The van der Waals surface area contributed by atoms with Gasteiger partial charge in [-0.25, -0.2) is 4.90 Å². The topological polar surface area (TPSA) is 50.5 Å². The van der Waals surface area contributed by atoms with E-state index in [1.807, 2.05) is 50.3 Å². The molecule has 7 rings (SSSR count). The van der Waals surface area contributed by atoms with E-state index in [1.165, 1.54) is 89.3 Å². The van der Waals surface area contributed by atoms with Gasteiger partial charge in [-0.05, 0) is 104 Å². The average Bonchev–Trinajstić information content (AvgIpc) is 3.85. The molecule has 4 aromatic rings. The molecular formula is C42H51NO3S2. The molecule has 254 valence electrons. The second-order valence-electron chi connectivity index (χ2n) is 15.8. The highest BCUT2D eigenvalue weighted by molar-refractivity contribution is 7.24. The lowest BCUT2D eigenvalue weighted by Gasteiger charge is -2.43. The van der Waals surface area contributed by atoms with Crippen LogP contribution < -0.4 is 4.90 Å². The minimum Gasteiger partial charge on any atom is -0.459 e. The fraction of sp³-hybridized carbons (Fsp3) is 0.524. The first kappa shape index (κ1) is 33.5. The summed E-state index contributed by atoms with van der Waals surface area (Å²) in [5.41, 5.74) is 6.71. The van der Waals surface area contributed by atoms with Gasteiger partial charge in [0.2, 0.25) is 0 Å². The molecule has 0 bridgehead atoms. The molecule has 2 atom stereocenters. The van der Waals surface area contributed by atoms with Crippen LogP contribution in [0.15, 0.2) is 34.7 Å². The van der Waals surface area contributed by atoms with Gasteiger partial charge in [0.15, 0.2) is 5.76 Å². The molecule has 3 aromatic heterocycles. The summed E-state index contributed by atoms with van der Waals surface area (Å²) in [6.07, 6.45) is 12.6. The number of amides is 2. The lowest BCUT2D eigenvalue weighted by atomic mass is 9.60. The zero-order valence-corrected chi connectivity index (χ0v) is 31.7. The van der Waals surface area contributed by atoms with E-state index in [0.29, 0.717) is 40.2 Å². The lowest BCUT2D eigenvalue weighted by Crippen LogP contribution is -2.38. The first-order valence-electron chi connectivity index (χ1n) is 18.3. The van der Waals surface area contributed by atoms with E-state index < -0.39 is 0 Å². The van der Waals surface area contributed by atoms with Gasteiger partial charge in [0.05, 0.1) is 16.1 Å². The van der Waals surface area contributed by atoms with Gasteiger partial charge in [-0.2, -0.15) is 0 Å². The van der Waals surface area contributed by atoms with Gasteiger partial charge in [-0.3, -0.25) is 9.59 Å². The minimum absolute atomic E-state index is 0.0373. The molecule has 0 saturated heterocycles. The van der Waals surface area contributed by atoms with Gasteiger partial charge >= 0.3 is 0 Å².